The van der Waals surface area contributed by atoms with E-state index in [1.54, 1.807) is 30.3 Å². The van der Waals surface area contributed by atoms with Crippen LogP contribution in [0.3, 0.4) is 0 Å². The van der Waals surface area contributed by atoms with Crippen molar-refractivity contribution in [2.24, 2.45) is 0 Å². The monoisotopic (exact) mass is 379 g/mol. The second kappa shape index (κ2) is 10.5. The zero-order valence-electron chi connectivity index (χ0n) is 15.8. The van der Waals surface area contributed by atoms with Crippen LogP contribution in [0.25, 0.3) is 6.08 Å². The first-order valence-corrected chi connectivity index (χ1v) is 8.72. The van der Waals surface area contributed by atoms with Gasteiger partial charge in [0.05, 0.1) is 13.7 Å². The van der Waals surface area contributed by atoms with Crippen molar-refractivity contribution in [3.05, 3.63) is 65.2 Å². The minimum atomic E-state index is -0.724. The average Bonchev–Trinajstić information content (AvgIpc) is 2.70. The van der Waals surface area contributed by atoms with Crippen LogP contribution in [0.1, 0.15) is 24.0 Å². The van der Waals surface area contributed by atoms with Crippen LogP contribution in [0.4, 0.5) is 0 Å². The number of hydrogen-bond acceptors (Lipinski definition) is 6. The fourth-order valence-electron chi connectivity index (χ4n) is 2.38. The van der Waals surface area contributed by atoms with E-state index in [1.165, 1.54) is 13.2 Å². The summed E-state index contributed by atoms with van der Waals surface area (Å²) in [7, 11) is 1.20. The van der Waals surface area contributed by atoms with Gasteiger partial charge in [-0.15, -0.1) is 0 Å². The fraction of sp³-hybridized carbons (Fsp3) is 0.227. The molecule has 2 aromatic carbocycles. The lowest BCUT2D eigenvalue weighted by atomic mass is 10.1. The van der Waals surface area contributed by atoms with E-state index in [4.69, 9.17) is 14.7 Å². The lowest BCUT2D eigenvalue weighted by Crippen LogP contribution is -2.10. The second-order valence-corrected chi connectivity index (χ2v) is 5.93. The van der Waals surface area contributed by atoms with Crippen molar-refractivity contribution in [1.82, 2.24) is 0 Å². The molecule has 0 bridgehead atoms. The predicted octanol–water partition coefficient (Wildman–Crippen LogP) is 3.84. The van der Waals surface area contributed by atoms with E-state index in [0.717, 1.165) is 11.3 Å². The third-order valence-electron chi connectivity index (χ3n) is 3.80. The summed E-state index contributed by atoms with van der Waals surface area (Å²) in [5.74, 6) is 0.0246. The number of para-hydroxylation sites is 1. The number of hydrogen-bond donors (Lipinski definition) is 0. The Morgan fingerprint density at radius 3 is 2.64 bits per heavy atom. The van der Waals surface area contributed by atoms with Gasteiger partial charge < -0.3 is 14.2 Å². The summed E-state index contributed by atoms with van der Waals surface area (Å²) in [4.78, 5) is 23.5. The number of carbonyl (C=O) groups is 2. The topological polar surface area (TPSA) is 85.6 Å². The van der Waals surface area contributed by atoms with E-state index < -0.39 is 5.97 Å². The number of esters is 2. The number of aryl methyl sites for hydroxylation is 1. The largest absolute Gasteiger partial charge is 0.493 e. The molecule has 6 heteroatoms. The SMILES string of the molecule is COC(=O)/C(C#N)=C/c1cccc(OC(=O)CCCOc2ccccc2C)c1. The van der Waals surface area contributed by atoms with Crippen LogP contribution in [0.2, 0.25) is 0 Å². The molecular formula is C22H21NO5. The lowest BCUT2D eigenvalue weighted by Gasteiger charge is -2.09. The van der Waals surface area contributed by atoms with Gasteiger partial charge in [0.25, 0.3) is 0 Å². The summed E-state index contributed by atoms with van der Waals surface area (Å²) in [6.07, 6.45) is 2.10. The molecule has 0 saturated heterocycles. The number of rotatable bonds is 8. The minimum absolute atomic E-state index is 0.140. The van der Waals surface area contributed by atoms with Crippen molar-refractivity contribution in [3.8, 4) is 17.6 Å². The van der Waals surface area contributed by atoms with Gasteiger partial charge in [-0.1, -0.05) is 30.3 Å². The molecule has 0 fully saturated rings. The summed E-state index contributed by atoms with van der Waals surface area (Å²) in [6, 6.07) is 16.0. The highest BCUT2D eigenvalue weighted by Gasteiger charge is 2.10. The molecule has 0 aliphatic rings. The number of methoxy groups -OCH3 is 1. The van der Waals surface area contributed by atoms with E-state index in [1.807, 2.05) is 31.2 Å². The molecule has 0 aromatic heterocycles. The quantitative estimate of drug-likeness (QED) is 0.228. The van der Waals surface area contributed by atoms with E-state index in [9.17, 15) is 9.59 Å². The summed E-state index contributed by atoms with van der Waals surface area (Å²) in [6.45, 7) is 2.37. The first-order chi connectivity index (χ1) is 13.5. The Kier molecular flexibility index (Phi) is 7.79. The van der Waals surface area contributed by atoms with Crippen molar-refractivity contribution in [2.45, 2.75) is 19.8 Å². The van der Waals surface area contributed by atoms with Crippen molar-refractivity contribution in [1.29, 1.82) is 5.26 Å². The van der Waals surface area contributed by atoms with Crippen molar-refractivity contribution < 1.29 is 23.8 Å². The molecule has 0 N–H and O–H groups in total. The Morgan fingerprint density at radius 2 is 1.93 bits per heavy atom. The summed E-state index contributed by atoms with van der Waals surface area (Å²) in [5.41, 5.74) is 1.45. The zero-order valence-corrected chi connectivity index (χ0v) is 15.8. The van der Waals surface area contributed by atoms with Crippen LogP contribution in [0.5, 0.6) is 11.5 Å². The molecule has 0 atom stereocenters. The number of nitriles is 1. The molecule has 144 valence electrons. The first-order valence-electron chi connectivity index (χ1n) is 8.72. The van der Waals surface area contributed by atoms with Crippen LogP contribution in [-0.4, -0.2) is 25.7 Å². The highest BCUT2D eigenvalue weighted by Crippen LogP contribution is 2.18. The van der Waals surface area contributed by atoms with Crippen LogP contribution < -0.4 is 9.47 Å². The van der Waals surface area contributed by atoms with Crippen LogP contribution >= 0.6 is 0 Å². The molecule has 0 amide bonds. The summed E-state index contributed by atoms with van der Waals surface area (Å²) in [5, 5.41) is 9.01. The van der Waals surface area contributed by atoms with E-state index in [0.29, 0.717) is 24.3 Å². The van der Waals surface area contributed by atoms with Gasteiger partial charge in [0, 0.05) is 6.42 Å². The average molecular weight is 379 g/mol. The van der Waals surface area contributed by atoms with E-state index in [2.05, 4.69) is 4.74 Å². The van der Waals surface area contributed by atoms with Gasteiger partial charge in [-0.3, -0.25) is 4.79 Å². The highest BCUT2D eigenvalue weighted by atomic mass is 16.5. The van der Waals surface area contributed by atoms with Crippen molar-refractivity contribution in [3.63, 3.8) is 0 Å². The Bertz CT molecular complexity index is 911. The standard InChI is InChI=1S/C22H21NO5/c1-16-7-3-4-10-20(16)27-12-6-11-21(24)28-19-9-5-8-17(14-19)13-18(15-23)22(25)26-2/h3-5,7-10,13-14H,6,11-12H2,1-2H3/b18-13+. The molecule has 2 aromatic rings. The maximum Gasteiger partial charge on any atom is 0.348 e. The first kappa shape index (κ1) is 20.7. The molecule has 0 unspecified atom stereocenters. The van der Waals surface area contributed by atoms with Gasteiger partial charge in [-0.2, -0.15) is 5.26 Å². The second-order valence-electron chi connectivity index (χ2n) is 5.93. The Hall–Kier alpha value is -3.59. The molecule has 0 aliphatic carbocycles. The molecule has 0 saturated carbocycles. The smallest absolute Gasteiger partial charge is 0.348 e. The van der Waals surface area contributed by atoms with E-state index >= 15 is 0 Å². The summed E-state index contributed by atoms with van der Waals surface area (Å²) < 4.78 is 15.5. The maximum absolute atomic E-state index is 12.0. The molecule has 0 aliphatic heterocycles. The Labute approximate surface area is 164 Å². The third kappa shape index (κ3) is 6.29. The fourth-order valence-corrected chi connectivity index (χ4v) is 2.38. The van der Waals surface area contributed by atoms with Crippen molar-refractivity contribution >= 4 is 18.0 Å². The summed E-state index contributed by atoms with van der Waals surface area (Å²) >= 11 is 0. The van der Waals surface area contributed by atoms with Crippen molar-refractivity contribution in [2.75, 3.05) is 13.7 Å². The van der Waals surface area contributed by atoms with Crippen LogP contribution in [0, 0.1) is 18.3 Å². The van der Waals surface area contributed by atoms with E-state index in [-0.39, 0.29) is 18.0 Å². The molecule has 2 rings (SSSR count). The normalized spacial score (nSPS) is 10.7. The van der Waals surface area contributed by atoms with Gasteiger partial charge in [0.2, 0.25) is 0 Å². The van der Waals surface area contributed by atoms with Gasteiger partial charge in [0.1, 0.15) is 23.1 Å². The number of carbonyl (C=O) groups excluding carboxylic acids is 2. The van der Waals surface area contributed by atoms with Crippen LogP contribution in [0.15, 0.2) is 54.1 Å². The lowest BCUT2D eigenvalue weighted by molar-refractivity contribution is -0.136. The molecule has 0 radical (unpaired) electrons. The van der Waals surface area contributed by atoms with Gasteiger partial charge >= 0.3 is 11.9 Å². The minimum Gasteiger partial charge on any atom is -0.493 e. The zero-order chi connectivity index (χ0) is 20.4. The van der Waals surface area contributed by atoms with Gasteiger partial charge in [-0.25, -0.2) is 4.79 Å². The predicted molar refractivity (Wildman–Crippen MR) is 104 cm³/mol. The van der Waals surface area contributed by atoms with Gasteiger partial charge in [-0.05, 0) is 48.7 Å². The Morgan fingerprint density at radius 1 is 1.14 bits per heavy atom. The molecule has 28 heavy (non-hydrogen) atoms. The highest BCUT2D eigenvalue weighted by molar-refractivity contribution is 5.97. The number of nitrogens with zero attached hydrogens (tertiary/aromatic N) is 1. The molecular weight excluding hydrogens is 358 g/mol. The Balaban J connectivity index is 1.87. The number of ether oxygens (including phenoxy) is 3. The van der Waals surface area contributed by atoms with Crippen LogP contribution in [-0.2, 0) is 14.3 Å². The molecule has 6 nitrogen and oxygen atoms in total. The van der Waals surface area contributed by atoms with Gasteiger partial charge in [0.15, 0.2) is 0 Å². The maximum atomic E-state index is 12.0. The third-order valence-corrected chi connectivity index (χ3v) is 3.80. The molecule has 0 spiro atoms. The molecule has 0 heterocycles. The number of benzene rings is 2.